The van der Waals surface area contributed by atoms with E-state index in [1.54, 1.807) is 12.1 Å². The summed E-state index contributed by atoms with van der Waals surface area (Å²) in [6.07, 6.45) is 2.18. The molecule has 0 fully saturated rings. The summed E-state index contributed by atoms with van der Waals surface area (Å²) in [6, 6.07) is 20.0. The summed E-state index contributed by atoms with van der Waals surface area (Å²) >= 11 is 0. The molecule has 1 atom stereocenters. The Hall–Kier alpha value is -2.35. The minimum Gasteiger partial charge on any atom is -0.378 e. The van der Waals surface area contributed by atoms with Crippen LogP contribution in [0.1, 0.15) is 23.6 Å². The summed E-state index contributed by atoms with van der Waals surface area (Å²) < 4.78 is 13.0. The lowest BCUT2D eigenvalue weighted by Gasteiger charge is -2.16. The van der Waals surface area contributed by atoms with Crippen LogP contribution < -0.4 is 5.32 Å². The summed E-state index contributed by atoms with van der Waals surface area (Å²) in [7, 11) is 0. The lowest BCUT2D eigenvalue weighted by molar-refractivity contribution is 0.627. The van der Waals surface area contributed by atoms with E-state index in [0.29, 0.717) is 6.04 Å². The zero-order valence-electron chi connectivity index (χ0n) is 11.6. The maximum absolute atomic E-state index is 13.0. The normalized spacial score (nSPS) is 16.9. The van der Waals surface area contributed by atoms with Gasteiger partial charge in [-0.05, 0) is 65.1 Å². The third-order valence-corrected chi connectivity index (χ3v) is 4.27. The second-order valence-electron chi connectivity index (χ2n) is 5.64. The number of halogens is 1. The fourth-order valence-electron chi connectivity index (χ4n) is 3.20. The van der Waals surface area contributed by atoms with Crippen LogP contribution in [0.25, 0.3) is 10.8 Å². The van der Waals surface area contributed by atoms with Crippen molar-refractivity contribution in [2.24, 2.45) is 0 Å². The van der Waals surface area contributed by atoms with Gasteiger partial charge in [0.15, 0.2) is 0 Å². The highest BCUT2D eigenvalue weighted by Crippen LogP contribution is 2.36. The van der Waals surface area contributed by atoms with Crippen molar-refractivity contribution >= 4 is 16.5 Å². The molecule has 0 saturated carbocycles. The van der Waals surface area contributed by atoms with Crippen molar-refractivity contribution < 1.29 is 4.39 Å². The fraction of sp³-hybridized carbons (Fsp3) is 0.158. The van der Waals surface area contributed by atoms with Crippen molar-refractivity contribution in [3.63, 3.8) is 0 Å². The third-order valence-electron chi connectivity index (χ3n) is 4.27. The zero-order valence-corrected chi connectivity index (χ0v) is 11.6. The molecule has 3 aromatic carbocycles. The van der Waals surface area contributed by atoms with Gasteiger partial charge in [-0.2, -0.15) is 0 Å². The number of hydrogen-bond acceptors (Lipinski definition) is 1. The summed E-state index contributed by atoms with van der Waals surface area (Å²) in [6.45, 7) is 0. The van der Waals surface area contributed by atoms with Gasteiger partial charge >= 0.3 is 0 Å². The van der Waals surface area contributed by atoms with Crippen molar-refractivity contribution in [2.75, 3.05) is 5.32 Å². The molecule has 1 aliphatic rings. The Bertz CT molecular complexity index is 792. The van der Waals surface area contributed by atoms with Crippen molar-refractivity contribution in [2.45, 2.75) is 18.9 Å². The lowest BCUT2D eigenvalue weighted by atomic mass is 10.0. The first-order valence-corrected chi connectivity index (χ1v) is 7.33. The predicted molar refractivity (Wildman–Crippen MR) is 85.0 cm³/mol. The average molecular weight is 277 g/mol. The number of fused-ring (bicyclic) bond motifs is 2. The van der Waals surface area contributed by atoms with E-state index in [1.807, 2.05) is 0 Å². The third kappa shape index (κ3) is 2.27. The van der Waals surface area contributed by atoms with E-state index >= 15 is 0 Å². The van der Waals surface area contributed by atoms with Crippen LogP contribution in [0.3, 0.4) is 0 Å². The van der Waals surface area contributed by atoms with Crippen LogP contribution in [-0.2, 0) is 6.42 Å². The lowest BCUT2D eigenvalue weighted by Crippen LogP contribution is -2.07. The van der Waals surface area contributed by atoms with Gasteiger partial charge in [-0.1, -0.05) is 30.3 Å². The number of anilines is 1. The first-order valence-electron chi connectivity index (χ1n) is 7.33. The molecule has 1 aliphatic carbocycles. The molecular weight excluding hydrogens is 261 g/mol. The Morgan fingerprint density at radius 3 is 2.38 bits per heavy atom. The second kappa shape index (κ2) is 4.88. The molecule has 0 aliphatic heterocycles. The Kier molecular flexibility index (Phi) is 2.88. The summed E-state index contributed by atoms with van der Waals surface area (Å²) in [5, 5.41) is 6.11. The number of aryl methyl sites for hydroxylation is 1. The highest BCUT2D eigenvalue weighted by Gasteiger charge is 2.22. The fourth-order valence-corrected chi connectivity index (χ4v) is 3.20. The smallest absolute Gasteiger partial charge is 0.123 e. The van der Waals surface area contributed by atoms with Crippen molar-refractivity contribution in [3.8, 4) is 0 Å². The number of nitrogens with one attached hydrogen (secondary N) is 1. The van der Waals surface area contributed by atoms with Crippen LogP contribution in [0.4, 0.5) is 10.1 Å². The molecule has 4 rings (SSSR count). The number of benzene rings is 3. The van der Waals surface area contributed by atoms with Crippen LogP contribution in [0.5, 0.6) is 0 Å². The van der Waals surface area contributed by atoms with Crippen LogP contribution in [0, 0.1) is 5.82 Å². The Morgan fingerprint density at radius 1 is 0.905 bits per heavy atom. The van der Waals surface area contributed by atoms with Crippen molar-refractivity contribution in [3.05, 3.63) is 77.6 Å². The molecule has 21 heavy (non-hydrogen) atoms. The second-order valence-corrected chi connectivity index (χ2v) is 5.64. The van der Waals surface area contributed by atoms with Crippen molar-refractivity contribution in [1.82, 2.24) is 0 Å². The summed E-state index contributed by atoms with van der Waals surface area (Å²) in [5.74, 6) is -0.196. The highest BCUT2D eigenvalue weighted by atomic mass is 19.1. The van der Waals surface area contributed by atoms with Gasteiger partial charge in [0.1, 0.15) is 5.82 Å². The van der Waals surface area contributed by atoms with Gasteiger partial charge in [0.05, 0.1) is 6.04 Å². The molecular formula is C19H16FN. The molecule has 0 radical (unpaired) electrons. The quantitative estimate of drug-likeness (QED) is 0.689. The topological polar surface area (TPSA) is 12.0 Å². The van der Waals surface area contributed by atoms with Crippen LogP contribution in [0.2, 0.25) is 0 Å². The standard InChI is InChI=1S/C19H16FN/c20-16-6-8-17(9-7-16)21-19-10-5-15-11-13-3-1-2-4-14(13)12-18(15)19/h1-4,6-9,11-12,19,21H,5,10H2. The van der Waals surface area contributed by atoms with Gasteiger partial charge in [-0.3, -0.25) is 0 Å². The Labute approximate surface area is 123 Å². The van der Waals surface area contributed by atoms with Gasteiger partial charge in [0.25, 0.3) is 0 Å². The molecule has 0 aromatic heterocycles. The SMILES string of the molecule is Fc1ccc(NC2CCc3cc4ccccc4cc32)cc1. The van der Waals surface area contributed by atoms with E-state index in [9.17, 15) is 4.39 Å². The molecule has 1 nitrogen and oxygen atoms in total. The molecule has 0 heterocycles. The maximum Gasteiger partial charge on any atom is 0.123 e. The highest BCUT2D eigenvalue weighted by molar-refractivity contribution is 5.84. The minimum atomic E-state index is -0.196. The maximum atomic E-state index is 13.0. The van der Waals surface area contributed by atoms with Crippen molar-refractivity contribution in [1.29, 1.82) is 0 Å². The molecule has 1 unspecified atom stereocenters. The molecule has 0 bridgehead atoms. The van der Waals surface area contributed by atoms with E-state index in [0.717, 1.165) is 18.5 Å². The Balaban J connectivity index is 1.69. The predicted octanol–water partition coefficient (Wildman–Crippen LogP) is 5.08. The largest absolute Gasteiger partial charge is 0.378 e. The van der Waals surface area contributed by atoms with Gasteiger partial charge in [-0.25, -0.2) is 4.39 Å². The zero-order chi connectivity index (χ0) is 14.2. The minimum absolute atomic E-state index is 0.196. The molecule has 2 heteroatoms. The first-order chi connectivity index (χ1) is 10.3. The van der Waals surface area contributed by atoms with E-state index in [2.05, 4.69) is 41.7 Å². The van der Waals surface area contributed by atoms with E-state index in [4.69, 9.17) is 0 Å². The molecule has 104 valence electrons. The first kappa shape index (κ1) is 12.4. The van der Waals surface area contributed by atoms with Crippen LogP contribution in [-0.4, -0.2) is 0 Å². The summed E-state index contributed by atoms with van der Waals surface area (Å²) in [4.78, 5) is 0. The van der Waals surface area contributed by atoms with Crippen LogP contribution in [0.15, 0.2) is 60.7 Å². The van der Waals surface area contributed by atoms with Gasteiger partial charge in [-0.15, -0.1) is 0 Å². The number of rotatable bonds is 2. The Morgan fingerprint density at radius 2 is 1.62 bits per heavy atom. The van der Waals surface area contributed by atoms with E-state index in [-0.39, 0.29) is 5.82 Å². The van der Waals surface area contributed by atoms with Gasteiger partial charge < -0.3 is 5.32 Å². The molecule has 3 aromatic rings. The van der Waals surface area contributed by atoms with Gasteiger partial charge in [0.2, 0.25) is 0 Å². The molecule has 0 saturated heterocycles. The van der Waals surface area contributed by atoms with Crippen LogP contribution >= 0.6 is 0 Å². The number of hydrogen-bond donors (Lipinski definition) is 1. The molecule has 0 amide bonds. The summed E-state index contributed by atoms with van der Waals surface area (Å²) in [5.41, 5.74) is 3.77. The molecule has 0 spiro atoms. The monoisotopic (exact) mass is 277 g/mol. The van der Waals surface area contributed by atoms with E-state index < -0.39 is 0 Å². The average Bonchev–Trinajstić information content (AvgIpc) is 2.89. The van der Waals surface area contributed by atoms with E-state index in [1.165, 1.54) is 34.0 Å². The molecule has 1 N–H and O–H groups in total. The van der Waals surface area contributed by atoms with Gasteiger partial charge in [0, 0.05) is 5.69 Å².